The molecule has 0 aliphatic carbocycles. The lowest BCUT2D eigenvalue weighted by molar-refractivity contribution is -0.117. The average Bonchev–Trinajstić information content (AvgIpc) is 2.61. The number of amides is 1. The summed E-state index contributed by atoms with van der Waals surface area (Å²) in [5.41, 5.74) is 1.15. The highest BCUT2D eigenvalue weighted by Crippen LogP contribution is 2.18. The summed E-state index contributed by atoms with van der Waals surface area (Å²) in [6.45, 7) is 4.82. The molecule has 0 bridgehead atoms. The molecule has 2 heterocycles. The Morgan fingerprint density at radius 2 is 1.84 bits per heavy atom. The monoisotopic (exact) mass is 422 g/mol. The topological polar surface area (TPSA) is 48.5 Å². The quantitative estimate of drug-likeness (QED) is 0.802. The molecule has 1 amide bonds. The summed E-state index contributed by atoms with van der Waals surface area (Å²) in [4.78, 5) is 20.8. The molecular formula is C18H20BrClN4O. The van der Waals surface area contributed by atoms with Gasteiger partial charge in [-0.05, 0) is 39.7 Å². The third-order valence-corrected chi connectivity index (χ3v) is 5.02. The SMILES string of the molecule is O=C(CN1CCN(Cc2ccccc2Cl)CC1)Nc1ccc(Br)cn1. The Bertz CT molecular complexity index is 717. The molecule has 25 heavy (non-hydrogen) atoms. The highest BCUT2D eigenvalue weighted by Gasteiger charge is 2.19. The van der Waals surface area contributed by atoms with Crippen LogP contribution >= 0.6 is 27.5 Å². The summed E-state index contributed by atoms with van der Waals surface area (Å²) in [6.07, 6.45) is 1.67. The van der Waals surface area contributed by atoms with Crippen LogP contribution in [0.3, 0.4) is 0 Å². The Labute approximate surface area is 161 Å². The van der Waals surface area contributed by atoms with Crippen molar-refractivity contribution >= 4 is 39.3 Å². The Balaban J connectivity index is 1.43. The lowest BCUT2D eigenvalue weighted by Crippen LogP contribution is -2.48. The van der Waals surface area contributed by atoms with Gasteiger partial charge in [0.05, 0.1) is 6.54 Å². The van der Waals surface area contributed by atoms with E-state index in [1.54, 1.807) is 12.3 Å². The fourth-order valence-corrected chi connectivity index (χ4v) is 3.24. The number of halogens is 2. The van der Waals surface area contributed by atoms with E-state index in [9.17, 15) is 4.79 Å². The first kappa shape index (κ1) is 18.3. The number of piperazine rings is 1. The smallest absolute Gasteiger partial charge is 0.239 e. The summed E-state index contributed by atoms with van der Waals surface area (Å²) in [6, 6.07) is 11.6. The van der Waals surface area contributed by atoms with Crippen LogP contribution in [0.25, 0.3) is 0 Å². The number of anilines is 1. The van der Waals surface area contributed by atoms with E-state index in [1.807, 2.05) is 24.3 Å². The molecule has 1 aromatic carbocycles. The molecule has 3 rings (SSSR count). The third kappa shape index (κ3) is 5.51. The fraction of sp³-hybridized carbons (Fsp3) is 0.333. The summed E-state index contributed by atoms with van der Waals surface area (Å²) >= 11 is 9.56. The summed E-state index contributed by atoms with van der Waals surface area (Å²) in [5, 5.41) is 3.64. The van der Waals surface area contributed by atoms with E-state index in [2.05, 4.69) is 42.1 Å². The van der Waals surface area contributed by atoms with Gasteiger partial charge < -0.3 is 5.32 Å². The number of carbonyl (C=O) groups excluding carboxylic acids is 1. The Morgan fingerprint density at radius 1 is 1.12 bits per heavy atom. The molecule has 5 nitrogen and oxygen atoms in total. The van der Waals surface area contributed by atoms with Gasteiger partial charge in [-0.2, -0.15) is 0 Å². The number of benzene rings is 1. The van der Waals surface area contributed by atoms with Crippen molar-refractivity contribution in [3.63, 3.8) is 0 Å². The molecular weight excluding hydrogens is 404 g/mol. The molecule has 2 aromatic rings. The molecule has 1 aliphatic rings. The van der Waals surface area contributed by atoms with Gasteiger partial charge in [-0.3, -0.25) is 14.6 Å². The highest BCUT2D eigenvalue weighted by molar-refractivity contribution is 9.10. The Kier molecular flexibility index (Phi) is 6.42. The molecule has 1 aliphatic heterocycles. The first-order valence-corrected chi connectivity index (χ1v) is 9.37. The molecule has 132 valence electrons. The number of pyridine rings is 1. The van der Waals surface area contributed by atoms with E-state index >= 15 is 0 Å². The fourth-order valence-electron chi connectivity index (χ4n) is 2.81. The number of nitrogens with one attached hydrogen (secondary N) is 1. The van der Waals surface area contributed by atoms with Crippen LogP contribution in [0.5, 0.6) is 0 Å². The van der Waals surface area contributed by atoms with E-state index in [-0.39, 0.29) is 5.91 Å². The Morgan fingerprint density at radius 3 is 2.52 bits per heavy atom. The van der Waals surface area contributed by atoms with Crippen LogP contribution in [0.2, 0.25) is 5.02 Å². The summed E-state index contributed by atoms with van der Waals surface area (Å²) in [5.74, 6) is 0.542. The second kappa shape index (κ2) is 8.76. The third-order valence-electron chi connectivity index (χ3n) is 4.18. The van der Waals surface area contributed by atoms with Crippen molar-refractivity contribution in [2.45, 2.75) is 6.54 Å². The van der Waals surface area contributed by atoms with Crippen LogP contribution in [0.4, 0.5) is 5.82 Å². The van der Waals surface area contributed by atoms with Gasteiger partial charge in [-0.1, -0.05) is 29.8 Å². The number of hydrogen-bond donors (Lipinski definition) is 1. The standard InChI is InChI=1S/C18H20BrClN4O/c19-15-5-6-17(21-11-15)22-18(25)13-24-9-7-23(8-10-24)12-14-3-1-2-4-16(14)20/h1-6,11H,7-10,12-13H2,(H,21,22,25). The van der Waals surface area contributed by atoms with Gasteiger partial charge in [-0.25, -0.2) is 4.98 Å². The minimum atomic E-state index is -0.0330. The average molecular weight is 424 g/mol. The number of aromatic nitrogens is 1. The van der Waals surface area contributed by atoms with Gasteiger partial charge in [0, 0.05) is 48.4 Å². The van der Waals surface area contributed by atoms with Crippen LogP contribution in [-0.2, 0) is 11.3 Å². The molecule has 1 aromatic heterocycles. The molecule has 0 unspecified atom stereocenters. The lowest BCUT2D eigenvalue weighted by Gasteiger charge is -2.34. The number of hydrogen-bond acceptors (Lipinski definition) is 4. The van der Waals surface area contributed by atoms with Crippen LogP contribution in [0.15, 0.2) is 47.1 Å². The Hall–Kier alpha value is -1.47. The second-order valence-corrected chi connectivity index (χ2v) is 7.38. The van der Waals surface area contributed by atoms with Crippen molar-refractivity contribution in [3.8, 4) is 0 Å². The zero-order valence-electron chi connectivity index (χ0n) is 13.8. The molecule has 1 N–H and O–H groups in total. The van der Waals surface area contributed by atoms with Gasteiger partial charge in [0.1, 0.15) is 5.82 Å². The van der Waals surface area contributed by atoms with Gasteiger partial charge >= 0.3 is 0 Å². The second-order valence-electron chi connectivity index (χ2n) is 6.05. The molecule has 1 fully saturated rings. The first-order chi connectivity index (χ1) is 12.1. The molecule has 0 spiro atoms. The first-order valence-electron chi connectivity index (χ1n) is 8.20. The van der Waals surface area contributed by atoms with Crippen LogP contribution < -0.4 is 5.32 Å². The van der Waals surface area contributed by atoms with E-state index in [0.717, 1.165) is 47.8 Å². The predicted octanol–water partition coefficient (Wildman–Crippen LogP) is 3.25. The van der Waals surface area contributed by atoms with Crippen molar-refractivity contribution < 1.29 is 4.79 Å². The van der Waals surface area contributed by atoms with Crippen LogP contribution in [-0.4, -0.2) is 53.4 Å². The zero-order valence-corrected chi connectivity index (χ0v) is 16.1. The van der Waals surface area contributed by atoms with Crippen LogP contribution in [0, 0.1) is 0 Å². The maximum absolute atomic E-state index is 12.1. The minimum absolute atomic E-state index is 0.0330. The zero-order chi connectivity index (χ0) is 17.6. The molecule has 1 saturated heterocycles. The van der Waals surface area contributed by atoms with E-state index in [4.69, 9.17) is 11.6 Å². The minimum Gasteiger partial charge on any atom is -0.310 e. The maximum atomic E-state index is 12.1. The van der Waals surface area contributed by atoms with Crippen molar-refractivity contribution in [2.24, 2.45) is 0 Å². The number of nitrogens with zero attached hydrogens (tertiary/aromatic N) is 3. The van der Waals surface area contributed by atoms with E-state index < -0.39 is 0 Å². The van der Waals surface area contributed by atoms with Crippen molar-refractivity contribution in [1.29, 1.82) is 0 Å². The molecule has 0 atom stereocenters. The van der Waals surface area contributed by atoms with Crippen LogP contribution in [0.1, 0.15) is 5.56 Å². The van der Waals surface area contributed by atoms with Gasteiger partial charge in [0.2, 0.25) is 5.91 Å². The number of rotatable bonds is 5. The lowest BCUT2D eigenvalue weighted by atomic mass is 10.2. The summed E-state index contributed by atoms with van der Waals surface area (Å²) in [7, 11) is 0. The molecule has 0 saturated carbocycles. The highest BCUT2D eigenvalue weighted by atomic mass is 79.9. The van der Waals surface area contributed by atoms with Gasteiger partial charge in [-0.15, -0.1) is 0 Å². The maximum Gasteiger partial charge on any atom is 0.239 e. The van der Waals surface area contributed by atoms with E-state index in [0.29, 0.717) is 12.4 Å². The van der Waals surface area contributed by atoms with E-state index in [1.165, 1.54) is 0 Å². The molecule has 0 radical (unpaired) electrons. The van der Waals surface area contributed by atoms with Gasteiger partial charge in [0.15, 0.2) is 0 Å². The number of carbonyl (C=O) groups is 1. The van der Waals surface area contributed by atoms with Crippen molar-refractivity contribution in [1.82, 2.24) is 14.8 Å². The van der Waals surface area contributed by atoms with Crippen molar-refractivity contribution in [3.05, 3.63) is 57.7 Å². The summed E-state index contributed by atoms with van der Waals surface area (Å²) < 4.78 is 0.889. The van der Waals surface area contributed by atoms with Gasteiger partial charge in [0.25, 0.3) is 0 Å². The normalized spacial score (nSPS) is 15.9. The van der Waals surface area contributed by atoms with Crippen molar-refractivity contribution in [2.75, 3.05) is 38.0 Å². The predicted molar refractivity (Wildman–Crippen MR) is 104 cm³/mol. The largest absolute Gasteiger partial charge is 0.310 e. The molecule has 7 heteroatoms.